The maximum Gasteiger partial charge on any atom is 0.303 e. The molecule has 3 atom stereocenters. The summed E-state index contributed by atoms with van der Waals surface area (Å²) in [6.45, 7) is 6.36. The molecule has 0 radical (unpaired) electrons. The lowest BCUT2D eigenvalue weighted by molar-refractivity contribution is -0.138. The molecule has 1 aliphatic rings. The van der Waals surface area contributed by atoms with E-state index in [1.54, 1.807) is 11.3 Å². The first kappa shape index (κ1) is 15.8. The Morgan fingerprint density at radius 3 is 2.90 bits per heavy atom. The third kappa shape index (κ3) is 3.96. The number of hydrogen-bond acceptors (Lipinski definition) is 3. The number of thiophene rings is 1. The van der Waals surface area contributed by atoms with Crippen LogP contribution in [0, 0.1) is 11.8 Å². The van der Waals surface area contributed by atoms with Crippen LogP contribution in [0.1, 0.15) is 44.0 Å². The van der Waals surface area contributed by atoms with E-state index in [2.05, 4.69) is 24.8 Å². The second-order valence-electron chi connectivity index (χ2n) is 5.79. The predicted molar refractivity (Wildman–Crippen MR) is 83.5 cm³/mol. The van der Waals surface area contributed by atoms with Gasteiger partial charge < -0.3 is 5.11 Å². The standard InChI is InChI=1S/C15H22ClNO2S/c1-10(8-15(18)19)12-4-3-7-17(9-12)11(2)13-5-6-14(16)20-13/h5-6,10-12H,3-4,7-9H2,1-2H3,(H,18,19). The molecule has 2 rings (SSSR count). The quantitative estimate of drug-likeness (QED) is 0.881. The molecule has 1 N–H and O–H groups in total. The molecule has 0 amide bonds. The van der Waals surface area contributed by atoms with Crippen molar-refractivity contribution in [2.45, 2.75) is 39.2 Å². The Hall–Kier alpha value is -0.580. The van der Waals surface area contributed by atoms with Gasteiger partial charge in [0, 0.05) is 23.9 Å². The summed E-state index contributed by atoms with van der Waals surface area (Å²) in [5.74, 6) is 0.0415. The summed E-state index contributed by atoms with van der Waals surface area (Å²) in [7, 11) is 0. The van der Waals surface area contributed by atoms with E-state index >= 15 is 0 Å². The van der Waals surface area contributed by atoms with E-state index in [1.165, 1.54) is 4.88 Å². The highest BCUT2D eigenvalue weighted by atomic mass is 35.5. The molecule has 0 aliphatic carbocycles. The lowest BCUT2D eigenvalue weighted by atomic mass is 9.84. The first-order chi connectivity index (χ1) is 9.47. The van der Waals surface area contributed by atoms with Crippen molar-refractivity contribution in [1.82, 2.24) is 4.90 Å². The zero-order valence-corrected chi connectivity index (χ0v) is 13.6. The van der Waals surface area contributed by atoms with E-state index in [0.29, 0.717) is 12.0 Å². The van der Waals surface area contributed by atoms with Gasteiger partial charge in [-0.3, -0.25) is 9.69 Å². The molecule has 1 aromatic heterocycles. The second-order valence-corrected chi connectivity index (χ2v) is 7.54. The molecular weight excluding hydrogens is 294 g/mol. The number of carboxylic acids is 1. The van der Waals surface area contributed by atoms with E-state index in [0.717, 1.165) is 30.3 Å². The van der Waals surface area contributed by atoms with E-state index in [4.69, 9.17) is 16.7 Å². The van der Waals surface area contributed by atoms with Crippen molar-refractivity contribution in [3.8, 4) is 0 Å². The first-order valence-corrected chi connectivity index (χ1v) is 8.38. The van der Waals surface area contributed by atoms with Crippen LogP contribution in [-0.4, -0.2) is 29.1 Å². The largest absolute Gasteiger partial charge is 0.481 e. The van der Waals surface area contributed by atoms with Crippen molar-refractivity contribution in [3.05, 3.63) is 21.3 Å². The first-order valence-electron chi connectivity index (χ1n) is 7.18. The number of halogens is 1. The Kier molecular flexibility index (Phi) is 5.47. The van der Waals surface area contributed by atoms with Crippen LogP contribution in [0.5, 0.6) is 0 Å². The van der Waals surface area contributed by atoms with Crippen LogP contribution < -0.4 is 0 Å². The maximum atomic E-state index is 10.9. The van der Waals surface area contributed by atoms with Crippen LogP contribution in [0.4, 0.5) is 0 Å². The smallest absolute Gasteiger partial charge is 0.303 e. The summed E-state index contributed by atoms with van der Waals surface area (Å²) in [5.41, 5.74) is 0. The van der Waals surface area contributed by atoms with E-state index in [1.807, 2.05) is 6.07 Å². The second kappa shape index (κ2) is 6.92. The Bertz CT molecular complexity index is 462. The number of likely N-dealkylation sites (tertiary alicyclic amines) is 1. The Morgan fingerprint density at radius 2 is 2.30 bits per heavy atom. The Morgan fingerprint density at radius 1 is 1.55 bits per heavy atom. The SMILES string of the molecule is CC(CC(=O)O)C1CCCN(C(C)c2ccc(Cl)s2)C1. The number of carboxylic acid groups (broad SMARTS) is 1. The van der Waals surface area contributed by atoms with Gasteiger partial charge in [0.25, 0.3) is 0 Å². The minimum Gasteiger partial charge on any atom is -0.481 e. The molecule has 20 heavy (non-hydrogen) atoms. The highest BCUT2D eigenvalue weighted by Gasteiger charge is 2.29. The maximum absolute atomic E-state index is 10.9. The summed E-state index contributed by atoms with van der Waals surface area (Å²) in [6, 6.07) is 4.42. The number of rotatable bonds is 5. The number of aliphatic carboxylic acids is 1. The van der Waals surface area contributed by atoms with E-state index in [-0.39, 0.29) is 12.3 Å². The fraction of sp³-hybridized carbons (Fsp3) is 0.667. The highest BCUT2D eigenvalue weighted by Crippen LogP contribution is 2.34. The van der Waals surface area contributed by atoms with Crippen LogP contribution >= 0.6 is 22.9 Å². The van der Waals surface area contributed by atoms with Gasteiger partial charge in [0.05, 0.1) is 4.34 Å². The molecule has 5 heteroatoms. The molecule has 1 aliphatic heterocycles. The molecule has 112 valence electrons. The van der Waals surface area contributed by atoms with Crippen molar-refractivity contribution in [3.63, 3.8) is 0 Å². The van der Waals surface area contributed by atoms with Crippen molar-refractivity contribution < 1.29 is 9.90 Å². The fourth-order valence-electron chi connectivity index (χ4n) is 3.03. The molecule has 0 aromatic carbocycles. The topological polar surface area (TPSA) is 40.5 Å². The van der Waals surface area contributed by atoms with Gasteiger partial charge in [-0.15, -0.1) is 11.3 Å². The van der Waals surface area contributed by atoms with Gasteiger partial charge in [0.1, 0.15) is 0 Å². The van der Waals surface area contributed by atoms with Crippen LogP contribution in [0.2, 0.25) is 4.34 Å². The minimum absolute atomic E-state index is 0.245. The van der Waals surface area contributed by atoms with Crippen LogP contribution in [0.15, 0.2) is 12.1 Å². The monoisotopic (exact) mass is 315 g/mol. The van der Waals surface area contributed by atoms with Gasteiger partial charge in [0.2, 0.25) is 0 Å². The molecule has 3 unspecified atom stereocenters. The summed E-state index contributed by atoms with van der Waals surface area (Å²) in [4.78, 5) is 14.6. The van der Waals surface area contributed by atoms with Gasteiger partial charge in [-0.25, -0.2) is 0 Å². The summed E-state index contributed by atoms with van der Waals surface area (Å²) < 4.78 is 0.833. The number of nitrogens with zero attached hydrogens (tertiary/aromatic N) is 1. The van der Waals surface area contributed by atoms with Gasteiger partial charge in [-0.1, -0.05) is 18.5 Å². The summed E-state index contributed by atoms with van der Waals surface area (Å²) in [5, 5.41) is 8.94. The van der Waals surface area contributed by atoms with Gasteiger partial charge in [-0.05, 0) is 50.3 Å². The fourth-order valence-corrected chi connectivity index (χ4v) is 4.18. The summed E-state index contributed by atoms with van der Waals surface area (Å²) in [6.07, 6.45) is 2.57. The van der Waals surface area contributed by atoms with Gasteiger partial charge in [0.15, 0.2) is 0 Å². The van der Waals surface area contributed by atoms with Crippen LogP contribution in [0.25, 0.3) is 0 Å². The number of piperidine rings is 1. The third-order valence-corrected chi connectivity index (χ3v) is 5.75. The average Bonchev–Trinajstić information content (AvgIpc) is 2.84. The van der Waals surface area contributed by atoms with Crippen molar-refractivity contribution in [2.75, 3.05) is 13.1 Å². The third-order valence-electron chi connectivity index (χ3n) is 4.34. The number of carbonyl (C=O) groups is 1. The Balaban J connectivity index is 1.97. The molecule has 0 spiro atoms. The molecule has 1 aromatic rings. The zero-order chi connectivity index (χ0) is 14.7. The lowest BCUT2D eigenvalue weighted by Gasteiger charge is -2.38. The molecule has 1 fully saturated rings. The lowest BCUT2D eigenvalue weighted by Crippen LogP contribution is -2.39. The zero-order valence-electron chi connectivity index (χ0n) is 12.0. The highest BCUT2D eigenvalue weighted by molar-refractivity contribution is 7.16. The molecule has 0 saturated carbocycles. The molecular formula is C15H22ClNO2S. The van der Waals surface area contributed by atoms with Crippen molar-refractivity contribution in [2.24, 2.45) is 11.8 Å². The molecule has 2 heterocycles. The van der Waals surface area contributed by atoms with E-state index < -0.39 is 5.97 Å². The Labute approximate surface area is 129 Å². The predicted octanol–water partition coefficient (Wildman–Crippen LogP) is 4.29. The minimum atomic E-state index is -0.687. The molecule has 0 bridgehead atoms. The number of hydrogen-bond donors (Lipinski definition) is 1. The van der Waals surface area contributed by atoms with Crippen molar-refractivity contribution >= 4 is 28.9 Å². The van der Waals surface area contributed by atoms with Crippen molar-refractivity contribution in [1.29, 1.82) is 0 Å². The summed E-state index contributed by atoms with van der Waals surface area (Å²) >= 11 is 7.65. The molecule has 1 saturated heterocycles. The van der Waals surface area contributed by atoms with Crippen LogP contribution in [-0.2, 0) is 4.79 Å². The van der Waals surface area contributed by atoms with E-state index in [9.17, 15) is 4.79 Å². The van der Waals surface area contributed by atoms with Gasteiger partial charge >= 0.3 is 5.97 Å². The van der Waals surface area contributed by atoms with Crippen LogP contribution in [0.3, 0.4) is 0 Å². The average molecular weight is 316 g/mol. The van der Waals surface area contributed by atoms with Gasteiger partial charge in [-0.2, -0.15) is 0 Å². The normalized spacial score (nSPS) is 23.4. The molecule has 3 nitrogen and oxygen atoms in total.